The van der Waals surface area contributed by atoms with Crippen molar-refractivity contribution in [2.45, 2.75) is 12.4 Å². The van der Waals surface area contributed by atoms with Crippen molar-refractivity contribution in [3.8, 4) is 0 Å². The number of aliphatic hydroxyl groups is 1. The van der Waals surface area contributed by atoms with E-state index in [0.717, 1.165) is 17.0 Å². The van der Waals surface area contributed by atoms with Crippen molar-refractivity contribution in [3.63, 3.8) is 0 Å². The lowest BCUT2D eigenvalue weighted by Gasteiger charge is -2.06. The first-order valence-electron chi connectivity index (χ1n) is 6.39. The summed E-state index contributed by atoms with van der Waals surface area (Å²) >= 11 is 1.59. The lowest BCUT2D eigenvalue weighted by atomic mass is 10.2. The summed E-state index contributed by atoms with van der Waals surface area (Å²) in [4.78, 5) is 11.8. The number of hydrogen-bond donors (Lipinski definition) is 2. The fourth-order valence-electron chi connectivity index (χ4n) is 1.73. The lowest BCUT2D eigenvalue weighted by Crippen LogP contribution is -2.14. The third-order valence-electron chi connectivity index (χ3n) is 2.76. The normalized spacial score (nSPS) is 10.2. The molecule has 3 nitrogen and oxygen atoms in total. The molecule has 2 aromatic rings. The SMILES string of the molecule is O=C(CSCc1ccccc1)Nc1ccc(CO)cc1. The number of rotatable bonds is 6. The fraction of sp³-hybridized carbons (Fsp3) is 0.188. The van der Waals surface area contributed by atoms with Crippen LogP contribution in [-0.2, 0) is 17.2 Å². The van der Waals surface area contributed by atoms with Gasteiger partial charge in [-0.15, -0.1) is 11.8 Å². The number of amides is 1. The molecule has 0 aliphatic rings. The smallest absolute Gasteiger partial charge is 0.234 e. The fourth-order valence-corrected chi connectivity index (χ4v) is 2.51. The summed E-state index contributed by atoms with van der Waals surface area (Å²) in [5, 5.41) is 11.8. The molecule has 0 atom stereocenters. The molecule has 2 N–H and O–H groups in total. The van der Waals surface area contributed by atoms with E-state index in [2.05, 4.69) is 17.4 Å². The molecule has 0 aromatic heterocycles. The molecule has 104 valence electrons. The van der Waals surface area contributed by atoms with E-state index in [1.165, 1.54) is 5.56 Å². The molecule has 0 heterocycles. The second-order valence-electron chi connectivity index (χ2n) is 4.38. The van der Waals surface area contributed by atoms with Gasteiger partial charge >= 0.3 is 0 Å². The Hall–Kier alpha value is -1.78. The zero-order chi connectivity index (χ0) is 14.2. The first-order valence-corrected chi connectivity index (χ1v) is 7.55. The highest BCUT2D eigenvalue weighted by molar-refractivity contribution is 7.99. The second-order valence-corrected chi connectivity index (χ2v) is 5.37. The van der Waals surface area contributed by atoms with Gasteiger partial charge in [0.25, 0.3) is 0 Å². The quantitative estimate of drug-likeness (QED) is 0.858. The van der Waals surface area contributed by atoms with Crippen LogP contribution in [0.4, 0.5) is 5.69 Å². The summed E-state index contributed by atoms with van der Waals surface area (Å²) in [5.74, 6) is 1.25. The molecule has 0 saturated heterocycles. The van der Waals surface area contributed by atoms with Crippen molar-refractivity contribution < 1.29 is 9.90 Å². The van der Waals surface area contributed by atoms with Crippen LogP contribution in [0.1, 0.15) is 11.1 Å². The van der Waals surface area contributed by atoms with Crippen LogP contribution >= 0.6 is 11.8 Å². The molecule has 0 aliphatic carbocycles. The van der Waals surface area contributed by atoms with E-state index in [9.17, 15) is 4.79 Å². The van der Waals surface area contributed by atoms with Crippen molar-refractivity contribution in [2.24, 2.45) is 0 Å². The lowest BCUT2D eigenvalue weighted by molar-refractivity contribution is -0.113. The second kappa shape index (κ2) is 7.72. The Labute approximate surface area is 123 Å². The van der Waals surface area contributed by atoms with Crippen LogP contribution in [0, 0.1) is 0 Å². The number of thioether (sulfide) groups is 1. The summed E-state index contributed by atoms with van der Waals surface area (Å²) in [6, 6.07) is 17.3. The van der Waals surface area contributed by atoms with Crippen molar-refractivity contribution in [1.82, 2.24) is 0 Å². The predicted molar refractivity (Wildman–Crippen MR) is 83.6 cm³/mol. The van der Waals surface area contributed by atoms with Crippen molar-refractivity contribution in [1.29, 1.82) is 0 Å². The Morgan fingerprint density at radius 1 is 1.00 bits per heavy atom. The molecule has 0 unspecified atom stereocenters. The zero-order valence-corrected chi connectivity index (χ0v) is 11.9. The van der Waals surface area contributed by atoms with Crippen LogP contribution in [0.15, 0.2) is 54.6 Å². The minimum Gasteiger partial charge on any atom is -0.392 e. The zero-order valence-electron chi connectivity index (χ0n) is 11.1. The van der Waals surface area contributed by atoms with E-state index >= 15 is 0 Å². The maximum absolute atomic E-state index is 11.8. The molecule has 0 spiro atoms. The van der Waals surface area contributed by atoms with E-state index in [1.807, 2.05) is 18.2 Å². The topological polar surface area (TPSA) is 49.3 Å². The molecule has 0 bridgehead atoms. The van der Waals surface area contributed by atoms with Gasteiger partial charge in [-0.1, -0.05) is 42.5 Å². The molecular formula is C16H17NO2S. The van der Waals surface area contributed by atoms with Gasteiger partial charge in [-0.05, 0) is 23.3 Å². The number of nitrogens with one attached hydrogen (secondary N) is 1. The number of carbonyl (C=O) groups excluding carboxylic acids is 1. The van der Waals surface area contributed by atoms with E-state index in [0.29, 0.717) is 5.75 Å². The first-order chi connectivity index (χ1) is 9.78. The summed E-state index contributed by atoms with van der Waals surface area (Å²) in [5.41, 5.74) is 2.81. The van der Waals surface area contributed by atoms with Crippen LogP contribution < -0.4 is 5.32 Å². The van der Waals surface area contributed by atoms with Crippen LogP contribution in [0.25, 0.3) is 0 Å². The van der Waals surface area contributed by atoms with Gasteiger partial charge < -0.3 is 10.4 Å². The molecular weight excluding hydrogens is 270 g/mol. The van der Waals surface area contributed by atoms with Gasteiger partial charge in [-0.2, -0.15) is 0 Å². The molecule has 2 rings (SSSR count). The number of anilines is 1. The molecule has 0 aliphatic heterocycles. The third kappa shape index (κ3) is 4.72. The van der Waals surface area contributed by atoms with Crippen molar-refractivity contribution >= 4 is 23.4 Å². The maximum atomic E-state index is 11.8. The first kappa shape index (κ1) is 14.6. The molecule has 0 saturated carbocycles. The summed E-state index contributed by atoms with van der Waals surface area (Å²) in [7, 11) is 0. The molecule has 0 fully saturated rings. The van der Waals surface area contributed by atoms with Gasteiger partial charge in [0.05, 0.1) is 12.4 Å². The van der Waals surface area contributed by atoms with Crippen LogP contribution in [0.5, 0.6) is 0 Å². The van der Waals surface area contributed by atoms with Gasteiger partial charge in [0, 0.05) is 11.4 Å². The number of aliphatic hydroxyl groups excluding tert-OH is 1. The predicted octanol–water partition coefficient (Wildman–Crippen LogP) is 3.05. The highest BCUT2D eigenvalue weighted by atomic mass is 32.2. The molecule has 2 aromatic carbocycles. The van der Waals surface area contributed by atoms with Crippen molar-refractivity contribution in [3.05, 3.63) is 65.7 Å². The maximum Gasteiger partial charge on any atom is 0.234 e. The average Bonchev–Trinajstić information content (AvgIpc) is 2.49. The Morgan fingerprint density at radius 2 is 1.70 bits per heavy atom. The molecule has 0 radical (unpaired) electrons. The Balaban J connectivity index is 1.74. The van der Waals surface area contributed by atoms with Crippen LogP contribution in [-0.4, -0.2) is 16.8 Å². The van der Waals surface area contributed by atoms with Gasteiger partial charge in [0.15, 0.2) is 0 Å². The highest BCUT2D eigenvalue weighted by Gasteiger charge is 2.03. The number of benzene rings is 2. The van der Waals surface area contributed by atoms with E-state index in [4.69, 9.17) is 5.11 Å². The van der Waals surface area contributed by atoms with E-state index in [1.54, 1.807) is 36.0 Å². The Morgan fingerprint density at radius 3 is 2.35 bits per heavy atom. The number of hydrogen-bond acceptors (Lipinski definition) is 3. The minimum absolute atomic E-state index is 0.0114. The number of carbonyl (C=O) groups is 1. The van der Waals surface area contributed by atoms with Crippen molar-refractivity contribution in [2.75, 3.05) is 11.1 Å². The molecule has 1 amide bonds. The minimum atomic E-state index is -0.0114. The van der Waals surface area contributed by atoms with Gasteiger partial charge in [0.1, 0.15) is 0 Å². The molecule has 20 heavy (non-hydrogen) atoms. The van der Waals surface area contributed by atoms with E-state index in [-0.39, 0.29) is 12.5 Å². The van der Waals surface area contributed by atoms with Gasteiger partial charge in [-0.25, -0.2) is 0 Å². The van der Waals surface area contributed by atoms with Gasteiger partial charge in [0.2, 0.25) is 5.91 Å². The third-order valence-corrected chi connectivity index (χ3v) is 3.77. The standard InChI is InChI=1S/C16H17NO2S/c18-10-13-6-8-15(9-7-13)17-16(19)12-20-11-14-4-2-1-3-5-14/h1-9,18H,10-12H2,(H,17,19). The summed E-state index contributed by atoms with van der Waals surface area (Å²) in [6.45, 7) is 0.0150. The van der Waals surface area contributed by atoms with Crippen LogP contribution in [0.2, 0.25) is 0 Å². The Kier molecular flexibility index (Phi) is 5.65. The molecule has 4 heteroatoms. The Bertz CT molecular complexity index is 540. The monoisotopic (exact) mass is 287 g/mol. The summed E-state index contributed by atoms with van der Waals surface area (Å²) < 4.78 is 0. The van der Waals surface area contributed by atoms with Gasteiger partial charge in [-0.3, -0.25) is 4.79 Å². The average molecular weight is 287 g/mol. The highest BCUT2D eigenvalue weighted by Crippen LogP contribution is 2.13. The van der Waals surface area contributed by atoms with E-state index < -0.39 is 0 Å². The van der Waals surface area contributed by atoms with Crippen LogP contribution in [0.3, 0.4) is 0 Å². The summed E-state index contributed by atoms with van der Waals surface area (Å²) in [6.07, 6.45) is 0. The largest absolute Gasteiger partial charge is 0.392 e.